The molecule has 0 spiro atoms. The van der Waals surface area contributed by atoms with Gasteiger partial charge in [0.25, 0.3) is 0 Å². The number of aromatic nitrogens is 1. The summed E-state index contributed by atoms with van der Waals surface area (Å²) in [6.45, 7) is 3.96. The third-order valence-electron chi connectivity index (χ3n) is 6.21. The summed E-state index contributed by atoms with van der Waals surface area (Å²) >= 11 is 0. The van der Waals surface area contributed by atoms with Gasteiger partial charge in [-0.1, -0.05) is 38.0 Å². The number of hydrogen-bond donors (Lipinski definition) is 2. The maximum Gasteiger partial charge on any atom is 0.234 e. The number of amides is 1. The molecular formula is C22H30N3O+. The van der Waals surface area contributed by atoms with Crippen molar-refractivity contribution >= 4 is 22.4 Å². The first-order valence-corrected chi connectivity index (χ1v) is 9.98. The molecule has 2 aromatic rings. The van der Waals surface area contributed by atoms with Crippen molar-refractivity contribution in [3.8, 4) is 0 Å². The van der Waals surface area contributed by atoms with Crippen LogP contribution in [0, 0.1) is 5.92 Å². The molecule has 1 unspecified atom stereocenters. The largest absolute Gasteiger partial charge is 0.361 e. The molecule has 1 aliphatic heterocycles. The average molecular weight is 353 g/mol. The number of carbonyl (C=O) groups excluding carboxylic acids is 1. The highest BCUT2D eigenvalue weighted by atomic mass is 16.2. The molecule has 1 aromatic carbocycles. The molecule has 3 atom stereocenters. The Bertz CT molecular complexity index is 850. The Kier molecular flexibility index (Phi) is 4.62. The number of hydrogen-bond acceptors (Lipinski definition) is 1. The molecule has 4 heteroatoms. The lowest BCUT2D eigenvalue weighted by Crippen LogP contribution is -3.15. The van der Waals surface area contributed by atoms with Crippen molar-refractivity contribution in [1.29, 1.82) is 0 Å². The van der Waals surface area contributed by atoms with Crippen LogP contribution < -0.4 is 4.90 Å². The van der Waals surface area contributed by atoms with Crippen LogP contribution in [-0.4, -0.2) is 49.0 Å². The molecule has 2 heterocycles. The summed E-state index contributed by atoms with van der Waals surface area (Å²) in [5.74, 6) is 0.266. The van der Waals surface area contributed by atoms with E-state index in [0.717, 1.165) is 25.9 Å². The van der Waals surface area contributed by atoms with Crippen LogP contribution in [0.3, 0.4) is 0 Å². The number of likely N-dealkylation sites (N-methyl/N-ethyl adjacent to an activating group) is 1. The van der Waals surface area contributed by atoms with E-state index in [2.05, 4.69) is 49.4 Å². The highest BCUT2D eigenvalue weighted by Crippen LogP contribution is 2.37. The number of carbonyl (C=O) groups is 1. The fraction of sp³-hybridized carbons (Fsp3) is 0.500. The van der Waals surface area contributed by atoms with Gasteiger partial charge in [0.05, 0.1) is 13.6 Å². The van der Waals surface area contributed by atoms with Gasteiger partial charge >= 0.3 is 0 Å². The molecule has 26 heavy (non-hydrogen) atoms. The van der Waals surface area contributed by atoms with Crippen LogP contribution in [0.1, 0.15) is 37.3 Å². The van der Waals surface area contributed by atoms with Crippen molar-refractivity contribution < 1.29 is 9.69 Å². The SMILES string of the molecule is CCCCCN(C)C(=O)[C@@H]1C=C2c3cccc4[nH]cc(c34)C[C@H]2[NH+](C)C1. The van der Waals surface area contributed by atoms with Crippen LogP contribution in [0.25, 0.3) is 16.5 Å². The normalized spacial score (nSPS) is 24.3. The zero-order chi connectivity index (χ0) is 18.3. The Morgan fingerprint density at radius 2 is 2.19 bits per heavy atom. The summed E-state index contributed by atoms with van der Waals surface area (Å²) in [6, 6.07) is 6.95. The first-order chi connectivity index (χ1) is 12.6. The predicted octanol–water partition coefficient (Wildman–Crippen LogP) is 2.27. The molecule has 0 saturated carbocycles. The van der Waals surface area contributed by atoms with Gasteiger partial charge in [-0.25, -0.2) is 0 Å². The third kappa shape index (κ3) is 2.86. The zero-order valence-corrected chi connectivity index (χ0v) is 16.1. The molecule has 4 nitrogen and oxygen atoms in total. The molecule has 0 fully saturated rings. The third-order valence-corrected chi connectivity index (χ3v) is 6.21. The Labute approximate surface area is 155 Å². The van der Waals surface area contributed by atoms with Gasteiger partial charge in [-0.3, -0.25) is 4.79 Å². The van der Waals surface area contributed by atoms with Gasteiger partial charge in [-0.2, -0.15) is 0 Å². The van der Waals surface area contributed by atoms with Crippen molar-refractivity contribution in [2.45, 2.75) is 38.6 Å². The smallest absolute Gasteiger partial charge is 0.234 e. The average Bonchev–Trinajstić information content (AvgIpc) is 3.06. The number of nitrogens with one attached hydrogen (secondary N) is 2. The van der Waals surface area contributed by atoms with E-state index in [0.29, 0.717) is 6.04 Å². The van der Waals surface area contributed by atoms with E-state index < -0.39 is 0 Å². The number of rotatable bonds is 5. The summed E-state index contributed by atoms with van der Waals surface area (Å²) in [6.07, 6.45) is 8.97. The number of fused-ring (bicyclic) bond motifs is 2. The molecule has 1 amide bonds. The number of unbranched alkanes of at least 4 members (excludes halogenated alkanes) is 2. The minimum Gasteiger partial charge on any atom is -0.361 e. The van der Waals surface area contributed by atoms with Gasteiger partial charge in [0, 0.05) is 42.7 Å². The fourth-order valence-electron chi connectivity index (χ4n) is 4.74. The van der Waals surface area contributed by atoms with Crippen molar-refractivity contribution in [1.82, 2.24) is 9.88 Å². The lowest BCUT2D eigenvalue weighted by Gasteiger charge is -2.37. The minimum atomic E-state index is -0.0105. The van der Waals surface area contributed by atoms with E-state index in [1.807, 2.05) is 11.9 Å². The van der Waals surface area contributed by atoms with E-state index >= 15 is 0 Å². The molecule has 0 radical (unpaired) electrons. The minimum absolute atomic E-state index is 0.0105. The molecule has 1 aromatic heterocycles. The Balaban J connectivity index is 1.65. The molecule has 2 N–H and O–H groups in total. The molecule has 0 saturated heterocycles. The summed E-state index contributed by atoms with van der Waals surface area (Å²) in [4.78, 5) is 19.8. The van der Waals surface area contributed by atoms with E-state index in [9.17, 15) is 4.79 Å². The molecule has 138 valence electrons. The van der Waals surface area contributed by atoms with E-state index in [-0.39, 0.29) is 11.8 Å². The predicted molar refractivity (Wildman–Crippen MR) is 106 cm³/mol. The second kappa shape index (κ2) is 6.92. The summed E-state index contributed by atoms with van der Waals surface area (Å²) < 4.78 is 0. The van der Waals surface area contributed by atoms with E-state index in [4.69, 9.17) is 0 Å². The van der Waals surface area contributed by atoms with E-state index in [1.165, 1.54) is 45.3 Å². The van der Waals surface area contributed by atoms with Gasteiger partial charge < -0.3 is 14.8 Å². The quantitative estimate of drug-likeness (QED) is 0.797. The molecule has 2 aliphatic rings. The highest BCUT2D eigenvalue weighted by Gasteiger charge is 2.39. The van der Waals surface area contributed by atoms with Crippen LogP contribution >= 0.6 is 0 Å². The standard InChI is InChI=1S/C22H29N3O/c1-4-5-6-10-24(2)22(26)16-11-18-17-8-7-9-19-21(17)15(13-23-19)12-20(18)25(3)14-16/h7-9,11,13,16,20,23H,4-6,10,12,14H2,1-3H3/p+1/t16-,20-/m1/s1. The van der Waals surface area contributed by atoms with Gasteiger partial charge in [0.15, 0.2) is 0 Å². The summed E-state index contributed by atoms with van der Waals surface area (Å²) in [5, 5.41) is 1.35. The number of H-pyrrole nitrogens is 1. The molecular weight excluding hydrogens is 322 g/mol. The highest BCUT2D eigenvalue weighted by molar-refractivity contribution is 5.98. The zero-order valence-electron chi connectivity index (χ0n) is 16.1. The topological polar surface area (TPSA) is 40.5 Å². The first-order valence-electron chi connectivity index (χ1n) is 9.98. The van der Waals surface area contributed by atoms with Crippen molar-refractivity contribution in [2.24, 2.45) is 5.92 Å². The van der Waals surface area contributed by atoms with Crippen LogP contribution in [0.15, 0.2) is 30.5 Å². The number of nitrogens with zero attached hydrogens (tertiary/aromatic N) is 1. The number of quaternary nitrogens is 1. The number of benzene rings is 1. The van der Waals surface area contributed by atoms with E-state index in [1.54, 1.807) is 0 Å². The van der Waals surface area contributed by atoms with Crippen LogP contribution in [0.5, 0.6) is 0 Å². The fourth-order valence-corrected chi connectivity index (χ4v) is 4.74. The van der Waals surface area contributed by atoms with Crippen molar-refractivity contribution in [2.75, 3.05) is 27.2 Å². The van der Waals surface area contributed by atoms with Gasteiger partial charge in [-0.05, 0) is 23.6 Å². The maximum atomic E-state index is 13.0. The second-order valence-electron chi connectivity index (χ2n) is 8.04. The van der Waals surface area contributed by atoms with Crippen molar-refractivity contribution in [3.05, 3.63) is 41.6 Å². The monoisotopic (exact) mass is 352 g/mol. The summed E-state index contributed by atoms with van der Waals surface area (Å²) in [5.41, 5.74) is 5.31. The Hall–Kier alpha value is -2.07. The molecule has 4 rings (SSSR count). The van der Waals surface area contributed by atoms with Gasteiger partial charge in [-0.15, -0.1) is 0 Å². The molecule has 0 bridgehead atoms. The van der Waals surface area contributed by atoms with Crippen LogP contribution in [-0.2, 0) is 11.2 Å². The van der Waals surface area contributed by atoms with Crippen LogP contribution in [0.2, 0.25) is 0 Å². The van der Waals surface area contributed by atoms with Crippen molar-refractivity contribution in [3.63, 3.8) is 0 Å². The lowest BCUT2D eigenvalue weighted by molar-refractivity contribution is -0.900. The second-order valence-corrected chi connectivity index (χ2v) is 8.04. The van der Waals surface area contributed by atoms with Gasteiger partial charge in [0.2, 0.25) is 5.91 Å². The van der Waals surface area contributed by atoms with Crippen LogP contribution in [0.4, 0.5) is 0 Å². The van der Waals surface area contributed by atoms with Gasteiger partial charge in [0.1, 0.15) is 12.0 Å². The Morgan fingerprint density at radius 3 is 3.00 bits per heavy atom. The Morgan fingerprint density at radius 1 is 1.35 bits per heavy atom. The lowest BCUT2D eigenvalue weighted by atomic mass is 9.79. The first kappa shape index (κ1) is 17.3. The maximum absolute atomic E-state index is 13.0. The number of aromatic amines is 1. The summed E-state index contributed by atoms with van der Waals surface area (Å²) in [7, 11) is 4.20. The molecule has 1 aliphatic carbocycles.